The molecular weight excluding hydrogens is 222 g/mol. The van der Waals surface area contributed by atoms with Gasteiger partial charge in [-0.25, -0.2) is 15.2 Å². The predicted molar refractivity (Wildman–Crippen MR) is 62.4 cm³/mol. The monoisotopic (exact) mass is 237 g/mol. The highest BCUT2D eigenvalue weighted by Crippen LogP contribution is 2.12. The fraction of sp³-hybridized carbons (Fsp3) is 0.273. The number of hydrogen-bond acceptors (Lipinski definition) is 3. The van der Waals surface area contributed by atoms with Crippen LogP contribution in [0.1, 0.15) is 17.3 Å². The average Bonchev–Trinajstić information content (AvgIpc) is 2.35. The Morgan fingerprint density at radius 3 is 2.35 bits per heavy atom. The van der Waals surface area contributed by atoms with Crippen LogP contribution in [-0.4, -0.2) is 30.6 Å². The lowest BCUT2D eigenvalue weighted by atomic mass is 10.2. The molecule has 6 heteroatoms. The van der Waals surface area contributed by atoms with E-state index < -0.39 is 6.03 Å². The molecule has 0 heterocycles. The Balaban J connectivity index is 2.82. The highest BCUT2D eigenvalue weighted by Gasteiger charge is 2.15. The Morgan fingerprint density at radius 2 is 1.94 bits per heavy atom. The van der Waals surface area contributed by atoms with E-state index in [-0.39, 0.29) is 5.91 Å². The topological polar surface area (TPSA) is 84.7 Å². The van der Waals surface area contributed by atoms with Gasteiger partial charge in [-0.2, -0.15) is 0 Å². The maximum Gasteiger partial charge on any atom is 0.331 e. The van der Waals surface area contributed by atoms with Crippen molar-refractivity contribution < 1.29 is 14.3 Å². The molecule has 0 saturated heterocycles. The van der Waals surface area contributed by atoms with Gasteiger partial charge < -0.3 is 10.5 Å². The number of amides is 3. The third-order valence-electron chi connectivity index (χ3n) is 2.14. The van der Waals surface area contributed by atoms with Gasteiger partial charge in [0.1, 0.15) is 5.75 Å². The van der Waals surface area contributed by atoms with Gasteiger partial charge in [0.25, 0.3) is 5.91 Å². The van der Waals surface area contributed by atoms with Gasteiger partial charge in [-0.15, -0.1) is 0 Å². The highest BCUT2D eigenvalue weighted by atomic mass is 16.5. The van der Waals surface area contributed by atoms with Crippen LogP contribution in [0.25, 0.3) is 0 Å². The van der Waals surface area contributed by atoms with E-state index in [0.29, 0.717) is 17.9 Å². The molecule has 1 aromatic rings. The van der Waals surface area contributed by atoms with Crippen LogP contribution >= 0.6 is 0 Å². The van der Waals surface area contributed by atoms with Crippen molar-refractivity contribution in [2.45, 2.75) is 6.92 Å². The Morgan fingerprint density at radius 1 is 1.35 bits per heavy atom. The number of rotatable bonds is 3. The van der Waals surface area contributed by atoms with Crippen LogP contribution in [0.2, 0.25) is 0 Å². The van der Waals surface area contributed by atoms with Crippen molar-refractivity contribution >= 4 is 11.9 Å². The Labute approximate surface area is 99.3 Å². The molecule has 1 aromatic carbocycles. The summed E-state index contributed by atoms with van der Waals surface area (Å²) < 4.78 is 4.99. The minimum Gasteiger partial charge on any atom is -0.497 e. The van der Waals surface area contributed by atoms with Crippen LogP contribution in [0.4, 0.5) is 4.79 Å². The summed E-state index contributed by atoms with van der Waals surface area (Å²) in [7, 11) is 1.55. The number of nitrogens with two attached hydrogens (primary N) is 1. The maximum atomic E-state index is 11.9. The molecule has 0 unspecified atom stereocenters. The van der Waals surface area contributed by atoms with Gasteiger partial charge in [0.15, 0.2) is 0 Å². The first-order valence-electron chi connectivity index (χ1n) is 5.10. The summed E-state index contributed by atoms with van der Waals surface area (Å²) in [4.78, 5) is 22.6. The number of hydrogen-bond donors (Lipinski definition) is 2. The van der Waals surface area contributed by atoms with Crippen molar-refractivity contribution in [3.05, 3.63) is 29.8 Å². The van der Waals surface area contributed by atoms with Gasteiger partial charge in [0.05, 0.1) is 7.11 Å². The first-order chi connectivity index (χ1) is 8.08. The molecule has 1 rings (SSSR count). The summed E-state index contributed by atoms with van der Waals surface area (Å²) in [6, 6.07) is 5.81. The summed E-state index contributed by atoms with van der Waals surface area (Å²) in [5.74, 6) is 0.335. The molecule has 0 aliphatic heterocycles. The van der Waals surface area contributed by atoms with Crippen LogP contribution in [0.15, 0.2) is 24.3 Å². The van der Waals surface area contributed by atoms with E-state index in [1.54, 1.807) is 38.3 Å². The minimum atomic E-state index is -0.770. The zero-order chi connectivity index (χ0) is 12.8. The molecule has 3 amide bonds. The molecule has 0 bridgehead atoms. The molecule has 6 nitrogen and oxygen atoms in total. The van der Waals surface area contributed by atoms with E-state index in [1.165, 1.54) is 0 Å². The fourth-order valence-electron chi connectivity index (χ4n) is 1.30. The average molecular weight is 237 g/mol. The van der Waals surface area contributed by atoms with Crippen LogP contribution in [0.5, 0.6) is 5.75 Å². The van der Waals surface area contributed by atoms with Gasteiger partial charge in [-0.1, -0.05) is 0 Å². The second kappa shape index (κ2) is 5.74. The van der Waals surface area contributed by atoms with Crippen molar-refractivity contribution in [3.63, 3.8) is 0 Å². The summed E-state index contributed by atoms with van der Waals surface area (Å²) in [5.41, 5.74) is 7.66. The van der Waals surface area contributed by atoms with Crippen LogP contribution in [0.3, 0.4) is 0 Å². The first-order valence-corrected chi connectivity index (χ1v) is 5.10. The van der Waals surface area contributed by atoms with E-state index in [0.717, 1.165) is 5.01 Å². The van der Waals surface area contributed by atoms with Crippen molar-refractivity contribution in [2.75, 3.05) is 13.7 Å². The predicted octanol–water partition coefficient (Wildman–Crippen LogP) is 0.741. The third-order valence-corrected chi connectivity index (χ3v) is 2.14. The smallest absolute Gasteiger partial charge is 0.331 e. The number of nitrogens with zero attached hydrogens (tertiary/aromatic N) is 1. The lowest BCUT2D eigenvalue weighted by molar-refractivity contribution is 0.0697. The quantitative estimate of drug-likeness (QED) is 0.760. The van der Waals surface area contributed by atoms with Gasteiger partial charge in [-0.05, 0) is 31.2 Å². The molecule has 0 spiro atoms. The van der Waals surface area contributed by atoms with Gasteiger partial charge >= 0.3 is 6.03 Å². The molecule has 0 atom stereocenters. The van der Waals surface area contributed by atoms with Crippen molar-refractivity contribution in [1.82, 2.24) is 10.4 Å². The minimum absolute atomic E-state index is 0.325. The Hall–Kier alpha value is -2.24. The summed E-state index contributed by atoms with van der Waals surface area (Å²) in [5, 5.41) is 1.14. The number of ether oxygens (including phenoxy) is 1. The number of nitrogens with one attached hydrogen (secondary N) is 1. The lowest BCUT2D eigenvalue weighted by Gasteiger charge is -2.20. The van der Waals surface area contributed by atoms with Crippen LogP contribution in [-0.2, 0) is 0 Å². The van der Waals surface area contributed by atoms with E-state index in [2.05, 4.69) is 5.43 Å². The number of hydrazine groups is 1. The van der Waals surface area contributed by atoms with Gasteiger partial charge in [0.2, 0.25) is 0 Å². The zero-order valence-electron chi connectivity index (χ0n) is 9.77. The lowest BCUT2D eigenvalue weighted by Crippen LogP contribution is -2.48. The largest absolute Gasteiger partial charge is 0.497 e. The van der Waals surface area contributed by atoms with E-state index in [1.807, 2.05) is 0 Å². The molecule has 0 fully saturated rings. The molecule has 0 saturated carbocycles. The summed E-state index contributed by atoms with van der Waals surface area (Å²) in [6.07, 6.45) is 0. The molecule has 0 aliphatic carbocycles. The number of methoxy groups -OCH3 is 1. The van der Waals surface area contributed by atoms with E-state index in [4.69, 9.17) is 10.5 Å². The third kappa shape index (κ3) is 3.37. The number of urea groups is 1. The molecule has 3 N–H and O–H groups in total. The maximum absolute atomic E-state index is 11.9. The van der Waals surface area contributed by atoms with Gasteiger partial charge in [0, 0.05) is 12.1 Å². The van der Waals surface area contributed by atoms with E-state index >= 15 is 0 Å². The molecule has 0 aromatic heterocycles. The Kier molecular flexibility index (Phi) is 4.33. The second-order valence-electron chi connectivity index (χ2n) is 3.25. The number of benzene rings is 1. The Bertz CT molecular complexity index is 403. The molecular formula is C11H15N3O3. The summed E-state index contributed by atoms with van der Waals surface area (Å²) >= 11 is 0. The molecule has 17 heavy (non-hydrogen) atoms. The first kappa shape index (κ1) is 12.8. The number of carbonyl (C=O) groups excluding carboxylic acids is 2. The zero-order valence-corrected chi connectivity index (χ0v) is 9.77. The number of carbonyl (C=O) groups is 2. The van der Waals surface area contributed by atoms with Crippen LogP contribution < -0.4 is 15.9 Å². The normalized spacial score (nSPS) is 9.53. The van der Waals surface area contributed by atoms with Crippen LogP contribution in [0, 0.1) is 0 Å². The molecule has 0 aliphatic rings. The van der Waals surface area contributed by atoms with E-state index in [9.17, 15) is 9.59 Å². The SMILES string of the molecule is CCN(NC(N)=O)C(=O)c1ccc(OC)cc1. The second-order valence-corrected chi connectivity index (χ2v) is 3.25. The van der Waals surface area contributed by atoms with Crippen molar-refractivity contribution in [2.24, 2.45) is 5.73 Å². The van der Waals surface area contributed by atoms with Crippen molar-refractivity contribution in [3.8, 4) is 5.75 Å². The molecule has 92 valence electrons. The number of primary amides is 1. The van der Waals surface area contributed by atoms with Gasteiger partial charge in [-0.3, -0.25) is 4.79 Å². The van der Waals surface area contributed by atoms with Crippen molar-refractivity contribution in [1.29, 1.82) is 0 Å². The standard InChI is InChI=1S/C11H15N3O3/c1-3-14(13-11(12)16)10(15)8-4-6-9(17-2)7-5-8/h4-7H,3H2,1-2H3,(H3,12,13,16). The fourth-order valence-corrected chi connectivity index (χ4v) is 1.30. The highest BCUT2D eigenvalue weighted by molar-refractivity contribution is 5.95. The molecule has 0 radical (unpaired) electrons. The summed E-state index contributed by atoms with van der Waals surface area (Å²) in [6.45, 7) is 2.06.